The van der Waals surface area contributed by atoms with Gasteiger partial charge in [-0.2, -0.15) is 0 Å². The second-order valence-electron chi connectivity index (χ2n) is 4.83. The predicted octanol–water partition coefficient (Wildman–Crippen LogP) is 2.76. The van der Waals surface area contributed by atoms with Crippen molar-refractivity contribution in [1.82, 2.24) is 10.3 Å². The minimum Gasteiger partial charge on any atom is -0.396 e. The van der Waals surface area contributed by atoms with Crippen molar-refractivity contribution < 1.29 is 5.11 Å². The van der Waals surface area contributed by atoms with Crippen molar-refractivity contribution in [1.29, 1.82) is 0 Å². The number of aromatic nitrogens is 1. The van der Waals surface area contributed by atoms with Gasteiger partial charge in [0, 0.05) is 35.2 Å². The van der Waals surface area contributed by atoms with Crippen LogP contribution in [0.15, 0.2) is 24.3 Å². The first-order chi connectivity index (χ1) is 8.72. The lowest BCUT2D eigenvalue weighted by atomic mass is 9.90. The first kappa shape index (κ1) is 13.1. The topological polar surface area (TPSA) is 48.0 Å². The molecule has 0 saturated heterocycles. The summed E-state index contributed by atoms with van der Waals surface area (Å²) in [6.07, 6.45) is 0.959. The zero-order chi connectivity index (χ0) is 13.1. The summed E-state index contributed by atoms with van der Waals surface area (Å²) in [6, 6.07) is 8.53. The molecule has 0 aliphatic heterocycles. The Morgan fingerprint density at radius 2 is 2.06 bits per heavy atom. The molecule has 1 heterocycles. The van der Waals surface area contributed by atoms with E-state index in [1.54, 1.807) is 0 Å². The van der Waals surface area contributed by atoms with E-state index in [9.17, 15) is 5.11 Å². The highest BCUT2D eigenvalue weighted by molar-refractivity contribution is 5.85. The van der Waals surface area contributed by atoms with E-state index in [4.69, 9.17) is 0 Å². The van der Waals surface area contributed by atoms with E-state index in [1.807, 2.05) is 13.1 Å². The van der Waals surface area contributed by atoms with E-state index in [-0.39, 0.29) is 18.6 Å². The van der Waals surface area contributed by atoms with Crippen LogP contribution in [0.5, 0.6) is 0 Å². The van der Waals surface area contributed by atoms with Gasteiger partial charge in [-0.1, -0.05) is 25.1 Å². The molecule has 1 aromatic carbocycles. The van der Waals surface area contributed by atoms with Crippen molar-refractivity contribution in [2.24, 2.45) is 5.92 Å². The molecule has 3 heteroatoms. The normalized spacial score (nSPS) is 14.9. The highest BCUT2D eigenvalue weighted by Gasteiger charge is 2.24. The Morgan fingerprint density at radius 1 is 1.33 bits per heavy atom. The van der Waals surface area contributed by atoms with Gasteiger partial charge >= 0.3 is 0 Å². The number of H-pyrrole nitrogens is 1. The van der Waals surface area contributed by atoms with Gasteiger partial charge in [-0.05, 0) is 32.0 Å². The molecule has 0 radical (unpaired) electrons. The second-order valence-corrected chi connectivity index (χ2v) is 4.83. The van der Waals surface area contributed by atoms with Crippen molar-refractivity contribution in [2.45, 2.75) is 26.3 Å². The molecule has 98 valence electrons. The highest BCUT2D eigenvalue weighted by Crippen LogP contribution is 2.32. The van der Waals surface area contributed by atoms with Crippen LogP contribution < -0.4 is 5.32 Å². The maximum atomic E-state index is 9.54. The minimum atomic E-state index is 0.191. The molecule has 0 aliphatic rings. The minimum absolute atomic E-state index is 0.191. The maximum Gasteiger partial charge on any atom is 0.0477 e. The number of hydrogen-bond acceptors (Lipinski definition) is 2. The number of aryl methyl sites for hydroxylation is 1. The third-order valence-electron chi connectivity index (χ3n) is 3.80. The van der Waals surface area contributed by atoms with Crippen molar-refractivity contribution >= 4 is 10.9 Å². The van der Waals surface area contributed by atoms with Crippen LogP contribution in [0.25, 0.3) is 10.9 Å². The van der Waals surface area contributed by atoms with E-state index >= 15 is 0 Å². The molecule has 3 N–H and O–H groups in total. The third-order valence-corrected chi connectivity index (χ3v) is 3.80. The van der Waals surface area contributed by atoms with Crippen LogP contribution in [0.4, 0.5) is 0 Å². The van der Waals surface area contributed by atoms with Crippen LogP contribution in [0.1, 0.15) is 30.6 Å². The maximum absolute atomic E-state index is 9.54. The Kier molecular flexibility index (Phi) is 4.04. The zero-order valence-electron chi connectivity index (χ0n) is 11.3. The molecule has 0 aliphatic carbocycles. The molecule has 0 fully saturated rings. The Morgan fingerprint density at radius 3 is 2.67 bits per heavy atom. The van der Waals surface area contributed by atoms with Crippen molar-refractivity contribution in [3.63, 3.8) is 0 Å². The van der Waals surface area contributed by atoms with E-state index in [0.717, 1.165) is 11.9 Å². The number of benzene rings is 1. The second kappa shape index (κ2) is 5.55. The molecular weight excluding hydrogens is 224 g/mol. The molecule has 2 aromatic rings. The monoisotopic (exact) mass is 246 g/mol. The Hall–Kier alpha value is -1.32. The Balaban J connectivity index is 2.53. The van der Waals surface area contributed by atoms with Crippen LogP contribution in [0, 0.1) is 12.8 Å². The first-order valence-corrected chi connectivity index (χ1v) is 6.58. The summed E-state index contributed by atoms with van der Waals surface area (Å²) < 4.78 is 0. The number of para-hydroxylation sites is 1. The smallest absolute Gasteiger partial charge is 0.0477 e. The molecule has 3 nitrogen and oxygen atoms in total. The van der Waals surface area contributed by atoms with Gasteiger partial charge in [0.05, 0.1) is 0 Å². The van der Waals surface area contributed by atoms with Crippen molar-refractivity contribution in [3.8, 4) is 0 Å². The number of fused-ring (bicyclic) bond motifs is 1. The van der Waals surface area contributed by atoms with E-state index in [2.05, 4.69) is 42.3 Å². The summed E-state index contributed by atoms with van der Waals surface area (Å²) in [5, 5.41) is 14.1. The third kappa shape index (κ3) is 2.16. The van der Waals surface area contributed by atoms with Crippen LogP contribution in [-0.4, -0.2) is 23.7 Å². The van der Waals surface area contributed by atoms with Crippen LogP contribution in [0.3, 0.4) is 0 Å². The van der Waals surface area contributed by atoms with Gasteiger partial charge in [0.1, 0.15) is 0 Å². The van der Waals surface area contributed by atoms with Gasteiger partial charge in [0.2, 0.25) is 0 Å². The highest BCUT2D eigenvalue weighted by atomic mass is 16.3. The van der Waals surface area contributed by atoms with E-state index in [0.29, 0.717) is 0 Å². The number of aliphatic hydroxyl groups is 1. The Bertz CT molecular complexity index is 514. The van der Waals surface area contributed by atoms with Gasteiger partial charge in [0.25, 0.3) is 0 Å². The molecule has 1 aromatic heterocycles. The van der Waals surface area contributed by atoms with Crippen molar-refractivity contribution in [2.75, 3.05) is 13.7 Å². The van der Waals surface area contributed by atoms with Crippen LogP contribution in [0.2, 0.25) is 0 Å². The number of aromatic amines is 1. The fourth-order valence-corrected chi connectivity index (χ4v) is 2.79. The summed E-state index contributed by atoms with van der Waals surface area (Å²) in [5.74, 6) is 0.243. The Labute approximate surface area is 108 Å². The largest absolute Gasteiger partial charge is 0.396 e. The number of rotatable bonds is 5. The van der Waals surface area contributed by atoms with Gasteiger partial charge in [0.15, 0.2) is 0 Å². The summed E-state index contributed by atoms with van der Waals surface area (Å²) in [7, 11) is 1.96. The zero-order valence-corrected chi connectivity index (χ0v) is 11.3. The number of nitrogens with one attached hydrogen (secondary N) is 2. The molecule has 2 atom stereocenters. The lowest BCUT2D eigenvalue weighted by Crippen LogP contribution is -2.27. The molecule has 0 bridgehead atoms. The summed E-state index contributed by atoms with van der Waals surface area (Å²) >= 11 is 0. The molecule has 18 heavy (non-hydrogen) atoms. The molecule has 2 rings (SSSR count). The van der Waals surface area contributed by atoms with Crippen molar-refractivity contribution in [3.05, 3.63) is 35.5 Å². The molecule has 0 amide bonds. The standard InChI is InChI=1S/C15H22N2O/c1-4-11(9-18)15(16-3)14-10(2)17-13-8-6-5-7-12(13)14/h5-8,11,15-18H,4,9H2,1-3H3. The number of hydrogen-bond donors (Lipinski definition) is 3. The fraction of sp³-hybridized carbons (Fsp3) is 0.467. The summed E-state index contributed by atoms with van der Waals surface area (Å²) in [5.41, 5.74) is 3.63. The van der Waals surface area contributed by atoms with E-state index < -0.39 is 0 Å². The molecule has 0 saturated carbocycles. The van der Waals surface area contributed by atoms with Gasteiger partial charge in [-0.3, -0.25) is 0 Å². The van der Waals surface area contributed by atoms with Gasteiger partial charge in [-0.25, -0.2) is 0 Å². The first-order valence-electron chi connectivity index (χ1n) is 6.58. The quantitative estimate of drug-likeness (QED) is 0.759. The van der Waals surface area contributed by atoms with Crippen LogP contribution in [-0.2, 0) is 0 Å². The lowest BCUT2D eigenvalue weighted by molar-refractivity contribution is 0.189. The number of aliphatic hydroxyl groups excluding tert-OH is 1. The molecule has 0 spiro atoms. The molecule has 2 unspecified atom stereocenters. The SMILES string of the molecule is CCC(CO)C(NC)c1c(C)[nH]c2ccccc12. The van der Waals surface area contributed by atoms with Gasteiger partial charge in [-0.15, -0.1) is 0 Å². The molecular formula is C15H22N2O. The summed E-state index contributed by atoms with van der Waals surface area (Å²) in [4.78, 5) is 3.42. The average Bonchev–Trinajstić information content (AvgIpc) is 2.72. The fourth-order valence-electron chi connectivity index (χ4n) is 2.79. The van der Waals surface area contributed by atoms with Gasteiger partial charge < -0.3 is 15.4 Å². The average molecular weight is 246 g/mol. The summed E-state index contributed by atoms with van der Waals surface area (Å²) in [6.45, 7) is 4.43. The predicted molar refractivity (Wildman–Crippen MR) is 75.7 cm³/mol. The van der Waals surface area contributed by atoms with E-state index in [1.165, 1.54) is 16.6 Å². The lowest BCUT2D eigenvalue weighted by Gasteiger charge is -2.25. The van der Waals surface area contributed by atoms with Crippen LogP contribution >= 0.6 is 0 Å².